The molecular formula is C13H16S. The van der Waals surface area contributed by atoms with Crippen LogP contribution in [0.25, 0.3) is 5.57 Å². The second kappa shape index (κ2) is 5.06. The first-order valence-electron chi connectivity index (χ1n) is 4.71. The molecule has 0 heterocycles. The predicted octanol–water partition coefficient (Wildman–Crippen LogP) is 4.23. The molecule has 1 aromatic rings. The van der Waals surface area contributed by atoms with Gasteiger partial charge in [-0.15, -0.1) is 12.6 Å². The van der Waals surface area contributed by atoms with E-state index in [4.69, 9.17) is 0 Å². The Labute approximate surface area is 91.8 Å². The molecule has 0 fully saturated rings. The molecule has 0 unspecified atom stereocenters. The summed E-state index contributed by atoms with van der Waals surface area (Å²) in [5, 5.41) is 0. The van der Waals surface area contributed by atoms with E-state index < -0.39 is 0 Å². The Morgan fingerprint density at radius 1 is 1.07 bits per heavy atom. The molecule has 14 heavy (non-hydrogen) atoms. The van der Waals surface area contributed by atoms with Gasteiger partial charge in [0, 0.05) is 0 Å². The average Bonchev–Trinajstić information content (AvgIpc) is 2.15. The molecule has 0 atom stereocenters. The van der Waals surface area contributed by atoms with Gasteiger partial charge in [0.25, 0.3) is 0 Å². The van der Waals surface area contributed by atoms with Crippen molar-refractivity contribution in [1.29, 1.82) is 0 Å². The zero-order chi connectivity index (χ0) is 10.6. The molecule has 0 saturated heterocycles. The summed E-state index contributed by atoms with van der Waals surface area (Å²) in [5.74, 6) is 0. The van der Waals surface area contributed by atoms with Crippen molar-refractivity contribution in [1.82, 2.24) is 0 Å². The van der Waals surface area contributed by atoms with E-state index in [1.165, 1.54) is 16.7 Å². The lowest BCUT2D eigenvalue weighted by Gasteiger charge is -2.00. The Morgan fingerprint density at radius 2 is 1.64 bits per heavy atom. The molecule has 0 nitrogen and oxygen atoms in total. The van der Waals surface area contributed by atoms with Gasteiger partial charge in [-0.25, -0.2) is 0 Å². The van der Waals surface area contributed by atoms with Gasteiger partial charge in [-0.05, 0) is 36.8 Å². The normalized spacial score (nSPS) is 13.1. The summed E-state index contributed by atoms with van der Waals surface area (Å²) < 4.78 is 0. The predicted molar refractivity (Wildman–Crippen MR) is 67.6 cm³/mol. The summed E-state index contributed by atoms with van der Waals surface area (Å²) in [6.45, 7) is 6.18. The molecule has 0 aliphatic rings. The van der Waals surface area contributed by atoms with Crippen molar-refractivity contribution in [2.75, 3.05) is 0 Å². The van der Waals surface area contributed by atoms with Crippen molar-refractivity contribution >= 4 is 18.2 Å². The quantitative estimate of drug-likeness (QED) is 0.541. The summed E-state index contributed by atoms with van der Waals surface area (Å²) in [5.41, 5.74) is 3.82. The Hall–Kier alpha value is -0.950. The monoisotopic (exact) mass is 204 g/mol. The Kier molecular flexibility index (Phi) is 4.02. The van der Waals surface area contributed by atoms with Crippen LogP contribution in [0, 0.1) is 6.92 Å². The molecule has 0 aliphatic carbocycles. The van der Waals surface area contributed by atoms with Gasteiger partial charge < -0.3 is 0 Å². The highest BCUT2D eigenvalue weighted by Crippen LogP contribution is 2.15. The number of benzene rings is 1. The van der Waals surface area contributed by atoms with Crippen LogP contribution in [0.3, 0.4) is 0 Å². The molecule has 0 spiro atoms. The van der Waals surface area contributed by atoms with Crippen molar-refractivity contribution in [3.63, 3.8) is 0 Å². The van der Waals surface area contributed by atoms with Gasteiger partial charge >= 0.3 is 0 Å². The maximum atomic E-state index is 4.22. The summed E-state index contributed by atoms with van der Waals surface area (Å²) >= 11 is 4.22. The summed E-state index contributed by atoms with van der Waals surface area (Å²) in [6, 6.07) is 8.54. The van der Waals surface area contributed by atoms with Crippen LogP contribution in [-0.4, -0.2) is 0 Å². The Balaban J connectivity index is 2.89. The minimum Gasteiger partial charge on any atom is -0.148 e. The van der Waals surface area contributed by atoms with Crippen LogP contribution in [0.5, 0.6) is 0 Å². The number of hydrogen-bond acceptors (Lipinski definition) is 1. The van der Waals surface area contributed by atoms with E-state index in [2.05, 4.69) is 56.8 Å². The SMILES string of the molecule is C/C(S)=C/C=C(\C)c1ccc(C)cc1. The number of thiol groups is 1. The second-order valence-electron chi connectivity index (χ2n) is 3.52. The van der Waals surface area contributed by atoms with Crippen molar-refractivity contribution in [2.24, 2.45) is 0 Å². The lowest BCUT2D eigenvalue weighted by atomic mass is 10.1. The molecule has 0 radical (unpaired) electrons. The highest BCUT2D eigenvalue weighted by atomic mass is 32.1. The van der Waals surface area contributed by atoms with Crippen LogP contribution in [0.4, 0.5) is 0 Å². The van der Waals surface area contributed by atoms with Gasteiger partial charge in [0.05, 0.1) is 0 Å². The maximum Gasteiger partial charge on any atom is -0.0215 e. The fraction of sp³-hybridized carbons (Fsp3) is 0.231. The van der Waals surface area contributed by atoms with E-state index in [0.717, 1.165) is 4.91 Å². The fourth-order valence-corrected chi connectivity index (χ4v) is 1.23. The van der Waals surface area contributed by atoms with E-state index in [9.17, 15) is 0 Å². The standard InChI is InChI=1S/C13H16S/c1-10-4-8-13(9-5-10)11(2)6-7-12(3)14/h4-9,14H,1-3H3/b11-6+,12-7-. The molecule has 0 aliphatic heterocycles. The maximum absolute atomic E-state index is 4.22. The number of allylic oxidation sites excluding steroid dienone is 4. The van der Waals surface area contributed by atoms with Gasteiger partial charge in [-0.3, -0.25) is 0 Å². The molecular weight excluding hydrogens is 188 g/mol. The van der Waals surface area contributed by atoms with Gasteiger partial charge in [-0.1, -0.05) is 42.0 Å². The van der Waals surface area contributed by atoms with Crippen molar-refractivity contribution in [3.05, 3.63) is 52.4 Å². The molecule has 0 N–H and O–H groups in total. The third kappa shape index (κ3) is 3.43. The average molecular weight is 204 g/mol. The van der Waals surface area contributed by atoms with Crippen LogP contribution >= 0.6 is 12.6 Å². The van der Waals surface area contributed by atoms with Gasteiger partial charge in [-0.2, -0.15) is 0 Å². The first kappa shape index (κ1) is 11.1. The first-order valence-corrected chi connectivity index (χ1v) is 5.15. The van der Waals surface area contributed by atoms with Crippen LogP contribution < -0.4 is 0 Å². The largest absolute Gasteiger partial charge is 0.148 e. The Morgan fingerprint density at radius 3 is 2.14 bits per heavy atom. The lowest BCUT2D eigenvalue weighted by Crippen LogP contribution is -1.79. The van der Waals surface area contributed by atoms with E-state index >= 15 is 0 Å². The summed E-state index contributed by atoms with van der Waals surface area (Å²) in [4.78, 5) is 1.02. The zero-order valence-electron chi connectivity index (χ0n) is 8.91. The minimum absolute atomic E-state index is 1.02. The molecule has 1 aromatic carbocycles. The third-order valence-electron chi connectivity index (χ3n) is 2.08. The lowest BCUT2D eigenvalue weighted by molar-refractivity contribution is 1.44. The number of hydrogen-bond donors (Lipinski definition) is 1. The fourth-order valence-electron chi connectivity index (χ4n) is 1.16. The van der Waals surface area contributed by atoms with E-state index in [-0.39, 0.29) is 0 Å². The molecule has 0 aromatic heterocycles. The van der Waals surface area contributed by atoms with E-state index in [1.54, 1.807) is 0 Å². The van der Waals surface area contributed by atoms with Crippen LogP contribution in [0.1, 0.15) is 25.0 Å². The summed E-state index contributed by atoms with van der Waals surface area (Å²) in [7, 11) is 0. The van der Waals surface area contributed by atoms with E-state index in [0.29, 0.717) is 0 Å². The van der Waals surface area contributed by atoms with Gasteiger partial charge in [0.15, 0.2) is 0 Å². The molecule has 0 bridgehead atoms. The van der Waals surface area contributed by atoms with Crippen LogP contribution in [0.2, 0.25) is 0 Å². The smallest absolute Gasteiger partial charge is 0.0215 e. The molecule has 1 rings (SSSR count). The van der Waals surface area contributed by atoms with Crippen molar-refractivity contribution < 1.29 is 0 Å². The van der Waals surface area contributed by atoms with Crippen molar-refractivity contribution in [3.8, 4) is 0 Å². The molecule has 1 heteroatoms. The molecule has 0 saturated carbocycles. The number of rotatable bonds is 2. The van der Waals surface area contributed by atoms with E-state index in [1.807, 2.05) is 13.0 Å². The first-order chi connectivity index (χ1) is 6.59. The van der Waals surface area contributed by atoms with Crippen molar-refractivity contribution in [2.45, 2.75) is 20.8 Å². The van der Waals surface area contributed by atoms with Gasteiger partial charge in [0.1, 0.15) is 0 Å². The minimum atomic E-state index is 1.02. The molecule has 74 valence electrons. The molecule has 0 amide bonds. The Bertz CT molecular complexity index is 351. The third-order valence-corrected chi connectivity index (χ3v) is 2.23. The second-order valence-corrected chi connectivity index (χ2v) is 4.23. The topological polar surface area (TPSA) is 0 Å². The highest BCUT2D eigenvalue weighted by Gasteiger charge is 1.92. The van der Waals surface area contributed by atoms with Crippen LogP contribution in [0.15, 0.2) is 41.3 Å². The summed E-state index contributed by atoms with van der Waals surface area (Å²) in [6.07, 6.45) is 4.10. The highest BCUT2D eigenvalue weighted by molar-refractivity contribution is 7.84. The van der Waals surface area contributed by atoms with Gasteiger partial charge in [0.2, 0.25) is 0 Å². The van der Waals surface area contributed by atoms with Crippen LogP contribution in [-0.2, 0) is 0 Å². The number of aryl methyl sites for hydroxylation is 1. The zero-order valence-corrected chi connectivity index (χ0v) is 9.81.